The lowest BCUT2D eigenvalue weighted by atomic mass is 10.0. The Morgan fingerprint density at radius 1 is 1.02 bits per heavy atom. The predicted molar refractivity (Wildman–Crippen MR) is 157 cm³/mol. The minimum Gasteiger partial charge on any atom is -0.355 e. The van der Waals surface area contributed by atoms with Crippen LogP contribution in [-0.4, -0.2) is 55.4 Å². The average molecular weight is 632 g/mol. The van der Waals surface area contributed by atoms with Gasteiger partial charge in [0.2, 0.25) is 21.8 Å². The molecule has 40 heavy (non-hydrogen) atoms. The van der Waals surface area contributed by atoms with Crippen LogP contribution < -0.4 is 9.62 Å². The van der Waals surface area contributed by atoms with Gasteiger partial charge in [-0.05, 0) is 42.7 Å². The predicted octanol–water partition coefficient (Wildman–Crippen LogP) is 4.21. The number of halogens is 1. The molecule has 3 rings (SSSR count). The van der Waals surface area contributed by atoms with Crippen molar-refractivity contribution in [2.24, 2.45) is 0 Å². The van der Waals surface area contributed by atoms with Gasteiger partial charge >= 0.3 is 0 Å². The highest BCUT2D eigenvalue weighted by Gasteiger charge is 2.33. The Hall–Kier alpha value is -3.77. The van der Waals surface area contributed by atoms with E-state index in [0.29, 0.717) is 12.1 Å². The Kier molecular flexibility index (Phi) is 10.4. The lowest BCUT2D eigenvalue weighted by Crippen LogP contribution is -2.53. The number of sulfonamides is 1. The Morgan fingerprint density at radius 2 is 1.70 bits per heavy atom. The number of benzene rings is 3. The molecule has 0 aliphatic carbocycles. The maximum atomic E-state index is 14.0. The monoisotopic (exact) mass is 630 g/mol. The molecule has 3 aromatic carbocycles. The smallest absolute Gasteiger partial charge is 0.271 e. The number of hydrogen-bond acceptors (Lipinski definition) is 6. The van der Waals surface area contributed by atoms with E-state index in [1.165, 1.54) is 17.0 Å². The fourth-order valence-corrected chi connectivity index (χ4v) is 5.60. The van der Waals surface area contributed by atoms with E-state index < -0.39 is 33.4 Å². The number of likely N-dealkylation sites (N-methyl/N-ethyl adjacent to an activating group) is 1. The second-order valence-electron chi connectivity index (χ2n) is 9.25. The van der Waals surface area contributed by atoms with Gasteiger partial charge in [-0.2, -0.15) is 0 Å². The summed E-state index contributed by atoms with van der Waals surface area (Å²) in [6.07, 6.45) is 1.13. The van der Waals surface area contributed by atoms with Crippen molar-refractivity contribution in [2.75, 3.05) is 23.7 Å². The number of amides is 2. The Bertz CT molecular complexity index is 1480. The minimum absolute atomic E-state index is 0.0186. The highest BCUT2D eigenvalue weighted by molar-refractivity contribution is 9.10. The van der Waals surface area contributed by atoms with E-state index in [4.69, 9.17) is 0 Å². The topological polar surface area (TPSA) is 130 Å². The van der Waals surface area contributed by atoms with Crippen LogP contribution in [0.15, 0.2) is 77.3 Å². The van der Waals surface area contributed by atoms with Crippen molar-refractivity contribution < 1.29 is 22.9 Å². The molecular weight excluding hydrogens is 600 g/mol. The van der Waals surface area contributed by atoms with E-state index in [1.54, 1.807) is 26.0 Å². The fourth-order valence-electron chi connectivity index (χ4n) is 4.25. The Morgan fingerprint density at radius 3 is 2.30 bits per heavy atom. The number of nitrogens with one attached hydrogen (secondary N) is 1. The van der Waals surface area contributed by atoms with E-state index in [1.807, 2.05) is 42.5 Å². The molecule has 10 nitrogen and oxygen atoms in total. The molecule has 0 spiro atoms. The van der Waals surface area contributed by atoms with Crippen molar-refractivity contribution in [3.8, 4) is 0 Å². The van der Waals surface area contributed by atoms with Crippen LogP contribution in [0.25, 0.3) is 0 Å². The van der Waals surface area contributed by atoms with Crippen molar-refractivity contribution >= 4 is 49.1 Å². The average Bonchev–Trinajstić information content (AvgIpc) is 2.89. The normalized spacial score (nSPS) is 11.9. The first kappa shape index (κ1) is 30.8. The van der Waals surface area contributed by atoms with Crippen LogP contribution in [0.2, 0.25) is 0 Å². The molecule has 0 heterocycles. The summed E-state index contributed by atoms with van der Waals surface area (Å²) in [5, 5.41) is 14.2. The van der Waals surface area contributed by atoms with Gasteiger partial charge in [-0.1, -0.05) is 64.5 Å². The van der Waals surface area contributed by atoms with Crippen molar-refractivity contribution in [3.05, 3.63) is 104 Å². The molecule has 0 fully saturated rings. The van der Waals surface area contributed by atoms with Crippen LogP contribution in [-0.2, 0) is 32.6 Å². The number of aryl methyl sites for hydroxylation is 1. The minimum atomic E-state index is -4.05. The summed E-state index contributed by atoms with van der Waals surface area (Å²) in [7, 11) is -4.05. The number of carbonyl (C=O) groups excluding carboxylic acids is 2. The summed E-state index contributed by atoms with van der Waals surface area (Å²) in [5.74, 6) is -1.02. The maximum Gasteiger partial charge on any atom is 0.271 e. The van der Waals surface area contributed by atoms with Crippen LogP contribution in [0, 0.1) is 17.0 Å². The highest BCUT2D eigenvalue weighted by Crippen LogP contribution is 2.28. The molecule has 0 aliphatic heterocycles. The standard InChI is InChI=1S/C28H31BrN4O6S/c1-4-30-28(35)26(16-21-9-6-5-7-10-21)31(18-22-11-8-12-23(29)15-22)27(34)19-32(40(3,38)39)25-17-24(33(36)37)14-13-20(25)2/h5-15,17,26H,4,16,18-19H2,1-3H3,(H,30,35)/t26-/m1/s1. The molecule has 3 aromatic rings. The lowest BCUT2D eigenvalue weighted by Gasteiger charge is -2.33. The largest absolute Gasteiger partial charge is 0.355 e. The van der Waals surface area contributed by atoms with Crippen LogP contribution in [0.1, 0.15) is 23.6 Å². The first-order valence-electron chi connectivity index (χ1n) is 12.5. The number of hydrogen-bond donors (Lipinski definition) is 1. The van der Waals surface area contributed by atoms with Gasteiger partial charge < -0.3 is 10.2 Å². The Labute approximate surface area is 242 Å². The van der Waals surface area contributed by atoms with E-state index >= 15 is 0 Å². The van der Waals surface area contributed by atoms with Gasteiger partial charge in [-0.3, -0.25) is 24.0 Å². The third kappa shape index (κ3) is 8.12. The van der Waals surface area contributed by atoms with E-state index in [0.717, 1.165) is 32.2 Å². The fraction of sp³-hybridized carbons (Fsp3) is 0.286. The molecule has 12 heteroatoms. The zero-order valence-corrected chi connectivity index (χ0v) is 24.8. The molecule has 0 unspecified atom stereocenters. The zero-order valence-electron chi connectivity index (χ0n) is 22.4. The van der Waals surface area contributed by atoms with E-state index in [-0.39, 0.29) is 30.2 Å². The van der Waals surface area contributed by atoms with Gasteiger partial charge in [0.25, 0.3) is 5.69 Å². The zero-order chi connectivity index (χ0) is 29.4. The van der Waals surface area contributed by atoms with Crippen molar-refractivity contribution in [1.82, 2.24) is 10.2 Å². The van der Waals surface area contributed by atoms with Crippen molar-refractivity contribution in [2.45, 2.75) is 32.9 Å². The molecular formula is C28H31BrN4O6S. The number of rotatable bonds is 12. The third-order valence-electron chi connectivity index (χ3n) is 6.22. The SMILES string of the molecule is CCNC(=O)[C@@H](Cc1ccccc1)N(Cc1cccc(Br)c1)C(=O)CN(c1cc([N+](=O)[O-])ccc1C)S(C)(=O)=O. The third-order valence-corrected chi connectivity index (χ3v) is 7.84. The van der Waals surface area contributed by atoms with Crippen LogP contribution in [0.4, 0.5) is 11.4 Å². The number of anilines is 1. The van der Waals surface area contributed by atoms with E-state index in [2.05, 4.69) is 21.2 Å². The van der Waals surface area contributed by atoms with Crippen LogP contribution in [0.5, 0.6) is 0 Å². The molecule has 1 atom stereocenters. The molecule has 0 aromatic heterocycles. The summed E-state index contributed by atoms with van der Waals surface area (Å²) >= 11 is 3.43. The van der Waals surface area contributed by atoms with Gasteiger partial charge in [0.15, 0.2) is 0 Å². The summed E-state index contributed by atoms with van der Waals surface area (Å²) in [6.45, 7) is 3.09. The summed E-state index contributed by atoms with van der Waals surface area (Å²) < 4.78 is 27.5. The van der Waals surface area contributed by atoms with Crippen molar-refractivity contribution in [3.63, 3.8) is 0 Å². The number of nitrogens with zero attached hydrogens (tertiary/aromatic N) is 3. The molecule has 1 N–H and O–H groups in total. The maximum absolute atomic E-state index is 14.0. The number of carbonyl (C=O) groups is 2. The number of nitro groups is 1. The number of nitro benzene ring substituents is 1. The molecule has 2 amide bonds. The first-order valence-corrected chi connectivity index (χ1v) is 15.1. The second kappa shape index (κ2) is 13.5. The molecule has 0 saturated heterocycles. The van der Waals surface area contributed by atoms with E-state index in [9.17, 15) is 28.1 Å². The second-order valence-corrected chi connectivity index (χ2v) is 12.1. The summed E-state index contributed by atoms with van der Waals surface area (Å²) in [5.41, 5.74) is 1.69. The Balaban J connectivity index is 2.09. The van der Waals surface area contributed by atoms with Crippen LogP contribution in [0.3, 0.4) is 0 Å². The quantitative estimate of drug-likeness (QED) is 0.236. The molecule has 0 saturated carbocycles. The molecule has 212 valence electrons. The van der Waals surface area contributed by atoms with Gasteiger partial charge in [-0.25, -0.2) is 8.42 Å². The molecule has 0 aliphatic rings. The van der Waals surface area contributed by atoms with Crippen LogP contribution >= 0.6 is 15.9 Å². The highest BCUT2D eigenvalue weighted by atomic mass is 79.9. The van der Waals surface area contributed by atoms with Gasteiger partial charge in [0, 0.05) is 36.1 Å². The molecule has 0 bridgehead atoms. The summed E-state index contributed by atoms with van der Waals surface area (Å²) in [6, 6.07) is 19.4. The number of non-ortho nitro benzene ring substituents is 1. The first-order chi connectivity index (χ1) is 18.9. The van der Waals surface area contributed by atoms with Crippen molar-refractivity contribution in [1.29, 1.82) is 0 Å². The van der Waals surface area contributed by atoms with Gasteiger partial charge in [0.05, 0.1) is 16.9 Å². The summed E-state index contributed by atoms with van der Waals surface area (Å²) in [4.78, 5) is 39.5. The lowest BCUT2D eigenvalue weighted by molar-refractivity contribution is -0.384. The van der Waals surface area contributed by atoms with Gasteiger partial charge in [0.1, 0.15) is 12.6 Å². The molecule has 0 radical (unpaired) electrons. The van der Waals surface area contributed by atoms with Gasteiger partial charge in [-0.15, -0.1) is 0 Å².